The molecule has 2 unspecified atom stereocenters. The molecule has 2 aliphatic heterocycles. The van der Waals surface area contributed by atoms with Gasteiger partial charge in [-0.25, -0.2) is 0 Å². The third-order valence-corrected chi connectivity index (χ3v) is 6.25. The number of aliphatic hydroxyl groups excluding tert-OH is 7. The minimum Gasteiger partial charge on any atom is -0.469 e. The SMILES string of the molecule is COC(=O)CCCCCCCCOC1O[C@H](CO)[C@@H](O)[C@H](OC2O[C@H](CO)[C@@H](O)[C@H](O)[C@H]2O)[C@@H]1O. The maximum Gasteiger partial charge on any atom is 0.305 e. The molecule has 0 amide bonds. The Kier molecular flexibility index (Phi) is 13.2. The molecule has 2 rings (SSSR count). The van der Waals surface area contributed by atoms with Crippen LogP contribution < -0.4 is 0 Å². The predicted molar refractivity (Wildman–Crippen MR) is 117 cm³/mol. The number of carbonyl (C=O) groups is 1. The number of hydrogen-bond donors (Lipinski definition) is 7. The van der Waals surface area contributed by atoms with Crippen molar-refractivity contribution >= 4 is 5.97 Å². The normalized spacial score (nSPS) is 37.8. The lowest BCUT2D eigenvalue weighted by atomic mass is 9.97. The fourth-order valence-corrected chi connectivity index (χ4v) is 4.07. The van der Waals surface area contributed by atoms with Crippen LogP contribution in [-0.2, 0) is 28.5 Å². The first-order valence-electron chi connectivity index (χ1n) is 12.0. The van der Waals surface area contributed by atoms with Crippen molar-refractivity contribution in [2.75, 3.05) is 26.9 Å². The molecule has 0 radical (unpaired) electrons. The molecule has 0 saturated carbocycles. The largest absolute Gasteiger partial charge is 0.469 e. The molecule has 35 heavy (non-hydrogen) atoms. The minimum absolute atomic E-state index is 0.218. The molecule has 0 aromatic carbocycles. The van der Waals surface area contributed by atoms with E-state index in [4.69, 9.17) is 18.9 Å². The monoisotopic (exact) mass is 512 g/mol. The second-order valence-corrected chi connectivity index (χ2v) is 8.82. The Hall–Kier alpha value is -0.970. The maximum absolute atomic E-state index is 11.1. The first-order valence-corrected chi connectivity index (χ1v) is 12.0. The molecule has 2 heterocycles. The van der Waals surface area contributed by atoms with E-state index in [9.17, 15) is 40.5 Å². The van der Waals surface area contributed by atoms with E-state index < -0.39 is 74.6 Å². The Bertz CT molecular complexity index is 606. The molecule has 10 atom stereocenters. The van der Waals surface area contributed by atoms with Crippen molar-refractivity contribution in [3.05, 3.63) is 0 Å². The van der Waals surface area contributed by atoms with Crippen molar-refractivity contribution in [3.63, 3.8) is 0 Å². The standard InChI is InChI=1S/C22H40O13/c1-31-14(25)8-6-4-2-3-5-7-9-32-21-19(30)20(16(27)13(11-24)33-21)35-22-18(29)17(28)15(26)12(10-23)34-22/h12-13,15-24,26-30H,2-11H2,1H3/t12-,13-,15-,16-,17+,18-,19+,20+,21?,22?/m1/s1. The van der Waals surface area contributed by atoms with Crippen molar-refractivity contribution in [2.45, 2.75) is 106 Å². The number of aliphatic hydroxyl groups is 7. The Morgan fingerprint density at radius 1 is 0.714 bits per heavy atom. The zero-order valence-electron chi connectivity index (χ0n) is 19.9. The van der Waals surface area contributed by atoms with Crippen molar-refractivity contribution in [1.82, 2.24) is 0 Å². The second kappa shape index (κ2) is 15.3. The van der Waals surface area contributed by atoms with Crippen molar-refractivity contribution in [2.24, 2.45) is 0 Å². The van der Waals surface area contributed by atoms with E-state index in [2.05, 4.69) is 4.74 Å². The molecular formula is C22H40O13. The molecule has 0 aromatic heterocycles. The summed E-state index contributed by atoms with van der Waals surface area (Å²) in [7, 11) is 1.36. The number of methoxy groups -OCH3 is 1. The molecule has 2 aliphatic rings. The van der Waals surface area contributed by atoms with Gasteiger partial charge in [0.2, 0.25) is 0 Å². The Morgan fingerprint density at radius 3 is 1.91 bits per heavy atom. The number of unbranched alkanes of at least 4 members (excludes halogenated alkanes) is 5. The van der Waals surface area contributed by atoms with Crippen LogP contribution in [0.2, 0.25) is 0 Å². The van der Waals surface area contributed by atoms with Crippen molar-refractivity contribution in [3.8, 4) is 0 Å². The average Bonchev–Trinajstić information content (AvgIpc) is 2.86. The molecule has 0 spiro atoms. The van der Waals surface area contributed by atoms with Gasteiger partial charge in [0, 0.05) is 13.0 Å². The summed E-state index contributed by atoms with van der Waals surface area (Å²) < 4.78 is 26.5. The van der Waals surface area contributed by atoms with E-state index in [-0.39, 0.29) is 12.6 Å². The van der Waals surface area contributed by atoms with Crippen molar-refractivity contribution < 1.29 is 64.2 Å². The lowest BCUT2D eigenvalue weighted by Crippen LogP contribution is -2.64. The average molecular weight is 513 g/mol. The lowest BCUT2D eigenvalue weighted by molar-refractivity contribution is -0.360. The molecular weight excluding hydrogens is 472 g/mol. The molecule has 206 valence electrons. The first-order chi connectivity index (χ1) is 16.7. The summed E-state index contributed by atoms with van der Waals surface area (Å²) in [6.07, 6.45) is -9.24. The van der Waals surface area contributed by atoms with Crippen LogP contribution in [0.5, 0.6) is 0 Å². The van der Waals surface area contributed by atoms with Crippen LogP contribution in [0.4, 0.5) is 0 Å². The van der Waals surface area contributed by atoms with Crippen LogP contribution in [0.25, 0.3) is 0 Å². The Balaban J connectivity index is 1.82. The van der Waals surface area contributed by atoms with Gasteiger partial charge in [0.25, 0.3) is 0 Å². The highest BCUT2D eigenvalue weighted by Crippen LogP contribution is 2.29. The van der Waals surface area contributed by atoms with E-state index in [1.807, 2.05) is 0 Å². The Morgan fingerprint density at radius 2 is 1.29 bits per heavy atom. The van der Waals surface area contributed by atoms with Gasteiger partial charge >= 0.3 is 5.97 Å². The van der Waals surface area contributed by atoms with Gasteiger partial charge in [-0.05, 0) is 12.8 Å². The van der Waals surface area contributed by atoms with Crippen molar-refractivity contribution in [1.29, 1.82) is 0 Å². The summed E-state index contributed by atoms with van der Waals surface area (Å²) in [5, 5.41) is 70.1. The minimum atomic E-state index is -1.73. The molecule has 13 nitrogen and oxygen atoms in total. The number of ether oxygens (including phenoxy) is 5. The third-order valence-electron chi connectivity index (χ3n) is 6.25. The van der Waals surface area contributed by atoms with Gasteiger partial charge in [-0.3, -0.25) is 4.79 Å². The molecule has 0 aliphatic carbocycles. The van der Waals surface area contributed by atoms with Crippen LogP contribution in [0.1, 0.15) is 44.9 Å². The number of esters is 1. The van der Waals surface area contributed by atoms with Gasteiger partial charge < -0.3 is 59.4 Å². The quantitative estimate of drug-likeness (QED) is 0.0953. The molecule has 2 fully saturated rings. The van der Waals surface area contributed by atoms with E-state index in [1.165, 1.54) is 7.11 Å². The second-order valence-electron chi connectivity index (χ2n) is 8.82. The van der Waals surface area contributed by atoms with Gasteiger partial charge in [-0.15, -0.1) is 0 Å². The molecule has 13 heteroatoms. The highest BCUT2D eigenvalue weighted by Gasteiger charge is 2.50. The third kappa shape index (κ3) is 8.54. The van der Waals surface area contributed by atoms with Crippen LogP contribution in [0, 0.1) is 0 Å². The fraction of sp³-hybridized carbons (Fsp3) is 0.955. The Labute approximate surface area is 204 Å². The maximum atomic E-state index is 11.1. The molecule has 2 saturated heterocycles. The summed E-state index contributed by atoms with van der Waals surface area (Å²) in [4.78, 5) is 11.1. The lowest BCUT2D eigenvalue weighted by Gasteiger charge is -2.45. The summed E-state index contributed by atoms with van der Waals surface area (Å²) in [5.74, 6) is -0.218. The van der Waals surface area contributed by atoms with Crippen LogP contribution >= 0.6 is 0 Å². The summed E-state index contributed by atoms with van der Waals surface area (Å²) in [6, 6.07) is 0. The van der Waals surface area contributed by atoms with E-state index >= 15 is 0 Å². The highest BCUT2D eigenvalue weighted by atomic mass is 16.7. The fourth-order valence-electron chi connectivity index (χ4n) is 4.07. The van der Waals surface area contributed by atoms with E-state index in [0.717, 1.165) is 32.1 Å². The first kappa shape index (κ1) is 30.3. The van der Waals surface area contributed by atoms with Gasteiger partial charge in [0.1, 0.15) is 48.8 Å². The summed E-state index contributed by atoms with van der Waals surface area (Å²) in [5.41, 5.74) is 0. The zero-order valence-corrected chi connectivity index (χ0v) is 19.9. The topological polar surface area (TPSA) is 205 Å². The van der Waals surface area contributed by atoms with Gasteiger partial charge in [-0.2, -0.15) is 0 Å². The molecule has 7 N–H and O–H groups in total. The summed E-state index contributed by atoms with van der Waals surface area (Å²) in [6.45, 7) is -1.04. The van der Waals surface area contributed by atoms with Gasteiger partial charge in [0.05, 0.1) is 20.3 Å². The molecule has 0 aromatic rings. The number of rotatable bonds is 14. The number of carbonyl (C=O) groups excluding carboxylic acids is 1. The van der Waals surface area contributed by atoms with E-state index in [0.29, 0.717) is 12.8 Å². The van der Waals surface area contributed by atoms with Gasteiger partial charge in [-0.1, -0.05) is 25.7 Å². The molecule has 0 bridgehead atoms. The van der Waals surface area contributed by atoms with Crippen LogP contribution in [0.15, 0.2) is 0 Å². The summed E-state index contributed by atoms with van der Waals surface area (Å²) >= 11 is 0. The smallest absolute Gasteiger partial charge is 0.305 e. The van der Waals surface area contributed by atoms with E-state index in [1.54, 1.807) is 0 Å². The van der Waals surface area contributed by atoms with Crippen LogP contribution in [0.3, 0.4) is 0 Å². The predicted octanol–water partition coefficient (Wildman–Crippen LogP) is -2.47. The highest BCUT2D eigenvalue weighted by molar-refractivity contribution is 5.68. The number of hydrogen-bond acceptors (Lipinski definition) is 13. The van der Waals surface area contributed by atoms with Gasteiger partial charge in [0.15, 0.2) is 12.6 Å². The zero-order chi connectivity index (χ0) is 26.0. The van der Waals surface area contributed by atoms with Crippen LogP contribution in [-0.4, -0.2) is 130 Å².